The standard InChI is InChI=1S/C12H21N3S/c1-4-15(8-11-6-5-7-13-11)12-14-9(2)10(3)16-12/h11,13H,4-8H2,1-3H3. The summed E-state index contributed by atoms with van der Waals surface area (Å²) in [6, 6.07) is 0.657. The van der Waals surface area contributed by atoms with E-state index in [0.29, 0.717) is 6.04 Å². The lowest BCUT2D eigenvalue weighted by atomic mass is 10.2. The topological polar surface area (TPSA) is 28.2 Å². The lowest BCUT2D eigenvalue weighted by Gasteiger charge is -2.23. The summed E-state index contributed by atoms with van der Waals surface area (Å²) in [5.41, 5.74) is 1.18. The van der Waals surface area contributed by atoms with Gasteiger partial charge in [-0.1, -0.05) is 0 Å². The highest BCUT2D eigenvalue weighted by molar-refractivity contribution is 7.15. The van der Waals surface area contributed by atoms with Gasteiger partial charge in [0.25, 0.3) is 0 Å². The van der Waals surface area contributed by atoms with Crippen LogP contribution in [0.25, 0.3) is 0 Å². The highest BCUT2D eigenvalue weighted by Gasteiger charge is 2.19. The first-order valence-electron chi connectivity index (χ1n) is 6.13. The summed E-state index contributed by atoms with van der Waals surface area (Å²) >= 11 is 1.82. The minimum atomic E-state index is 0.657. The van der Waals surface area contributed by atoms with Crippen LogP contribution in [0.15, 0.2) is 0 Å². The van der Waals surface area contributed by atoms with Gasteiger partial charge in [0.1, 0.15) is 0 Å². The lowest BCUT2D eigenvalue weighted by Crippen LogP contribution is -2.37. The molecule has 90 valence electrons. The number of rotatable bonds is 4. The second kappa shape index (κ2) is 5.15. The third kappa shape index (κ3) is 2.55. The largest absolute Gasteiger partial charge is 0.347 e. The summed E-state index contributed by atoms with van der Waals surface area (Å²) in [5.74, 6) is 0. The molecule has 2 rings (SSSR count). The van der Waals surface area contributed by atoms with Crippen LogP contribution in [0.4, 0.5) is 5.13 Å². The Balaban J connectivity index is 2.03. The second-order valence-electron chi connectivity index (χ2n) is 4.47. The van der Waals surface area contributed by atoms with Gasteiger partial charge in [-0.05, 0) is 40.2 Å². The Hall–Kier alpha value is -0.610. The third-order valence-electron chi connectivity index (χ3n) is 3.27. The van der Waals surface area contributed by atoms with Crippen molar-refractivity contribution in [2.75, 3.05) is 24.5 Å². The monoisotopic (exact) mass is 239 g/mol. The van der Waals surface area contributed by atoms with Crippen molar-refractivity contribution in [1.29, 1.82) is 0 Å². The summed E-state index contributed by atoms with van der Waals surface area (Å²) < 4.78 is 0. The first kappa shape index (κ1) is 11.9. The smallest absolute Gasteiger partial charge is 0.185 e. The second-order valence-corrected chi connectivity index (χ2v) is 5.65. The van der Waals surface area contributed by atoms with Gasteiger partial charge in [0.2, 0.25) is 0 Å². The van der Waals surface area contributed by atoms with Crippen LogP contribution in [0.2, 0.25) is 0 Å². The predicted molar refractivity (Wildman–Crippen MR) is 70.5 cm³/mol. The number of nitrogens with one attached hydrogen (secondary N) is 1. The fraction of sp³-hybridized carbons (Fsp3) is 0.750. The molecule has 3 nitrogen and oxygen atoms in total. The molecule has 0 radical (unpaired) electrons. The van der Waals surface area contributed by atoms with Crippen LogP contribution in [-0.2, 0) is 0 Å². The molecule has 1 fully saturated rings. The van der Waals surface area contributed by atoms with E-state index in [9.17, 15) is 0 Å². The molecular weight excluding hydrogens is 218 g/mol. The number of hydrogen-bond donors (Lipinski definition) is 1. The van der Waals surface area contributed by atoms with Crippen molar-refractivity contribution in [1.82, 2.24) is 10.3 Å². The quantitative estimate of drug-likeness (QED) is 0.874. The molecule has 16 heavy (non-hydrogen) atoms. The highest BCUT2D eigenvalue weighted by Crippen LogP contribution is 2.25. The van der Waals surface area contributed by atoms with Crippen molar-refractivity contribution in [3.8, 4) is 0 Å². The molecule has 0 bridgehead atoms. The molecule has 1 aromatic rings. The Labute approximate surface area is 102 Å². The van der Waals surface area contributed by atoms with E-state index >= 15 is 0 Å². The highest BCUT2D eigenvalue weighted by atomic mass is 32.1. The first-order valence-corrected chi connectivity index (χ1v) is 6.94. The Kier molecular flexibility index (Phi) is 3.82. The number of nitrogens with zero attached hydrogens (tertiary/aromatic N) is 2. The van der Waals surface area contributed by atoms with Crippen molar-refractivity contribution in [2.24, 2.45) is 0 Å². The number of thiazole rings is 1. The van der Waals surface area contributed by atoms with E-state index < -0.39 is 0 Å². The average Bonchev–Trinajstić information content (AvgIpc) is 2.86. The average molecular weight is 239 g/mol. The summed E-state index contributed by atoms with van der Waals surface area (Å²) in [6.45, 7) is 9.78. The van der Waals surface area contributed by atoms with E-state index in [1.165, 1.54) is 35.1 Å². The fourth-order valence-electron chi connectivity index (χ4n) is 2.11. The SMILES string of the molecule is CCN(CC1CCCN1)c1nc(C)c(C)s1. The number of hydrogen-bond acceptors (Lipinski definition) is 4. The van der Waals surface area contributed by atoms with Crippen LogP contribution in [0.1, 0.15) is 30.3 Å². The number of likely N-dealkylation sites (N-methyl/N-ethyl adjacent to an activating group) is 1. The Morgan fingerprint density at radius 1 is 1.50 bits per heavy atom. The number of aryl methyl sites for hydroxylation is 2. The third-order valence-corrected chi connectivity index (χ3v) is 4.41. The van der Waals surface area contributed by atoms with Crippen LogP contribution in [0.3, 0.4) is 0 Å². The van der Waals surface area contributed by atoms with Gasteiger partial charge in [-0.25, -0.2) is 4.98 Å². The van der Waals surface area contributed by atoms with Crippen molar-refractivity contribution in [3.05, 3.63) is 10.6 Å². The Morgan fingerprint density at radius 2 is 2.31 bits per heavy atom. The molecule has 1 saturated heterocycles. The summed E-state index contributed by atoms with van der Waals surface area (Å²) in [7, 11) is 0. The molecule has 0 saturated carbocycles. The van der Waals surface area contributed by atoms with E-state index in [4.69, 9.17) is 0 Å². The number of aromatic nitrogens is 1. The van der Waals surface area contributed by atoms with Crippen molar-refractivity contribution in [3.63, 3.8) is 0 Å². The van der Waals surface area contributed by atoms with Crippen LogP contribution in [0.5, 0.6) is 0 Å². The lowest BCUT2D eigenvalue weighted by molar-refractivity contribution is 0.586. The molecule has 1 aliphatic rings. The van der Waals surface area contributed by atoms with Gasteiger partial charge in [0.05, 0.1) is 5.69 Å². The number of anilines is 1. The fourth-order valence-corrected chi connectivity index (χ4v) is 3.09. The Bertz CT molecular complexity index is 323. The summed E-state index contributed by atoms with van der Waals surface area (Å²) in [6.07, 6.45) is 2.62. The van der Waals surface area contributed by atoms with E-state index in [1.54, 1.807) is 0 Å². The van der Waals surface area contributed by atoms with Gasteiger partial charge in [0, 0.05) is 24.0 Å². The van der Waals surface area contributed by atoms with Crippen LogP contribution < -0.4 is 10.2 Å². The zero-order chi connectivity index (χ0) is 11.5. The Morgan fingerprint density at radius 3 is 2.81 bits per heavy atom. The van der Waals surface area contributed by atoms with Gasteiger partial charge in [-0.3, -0.25) is 0 Å². The maximum Gasteiger partial charge on any atom is 0.185 e. The maximum absolute atomic E-state index is 4.64. The predicted octanol–water partition coefficient (Wildman–Crippen LogP) is 2.34. The maximum atomic E-state index is 4.64. The minimum absolute atomic E-state index is 0.657. The summed E-state index contributed by atoms with van der Waals surface area (Å²) in [5, 5.41) is 4.73. The molecule has 1 aliphatic heterocycles. The zero-order valence-corrected chi connectivity index (χ0v) is 11.2. The van der Waals surface area contributed by atoms with Crippen LogP contribution >= 0.6 is 11.3 Å². The zero-order valence-electron chi connectivity index (χ0n) is 10.4. The van der Waals surface area contributed by atoms with Crippen molar-refractivity contribution >= 4 is 16.5 Å². The normalized spacial score (nSPS) is 20.3. The van der Waals surface area contributed by atoms with E-state index in [-0.39, 0.29) is 0 Å². The summed E-state index contributed by atoms with van der Waals surface area (Å²) in [4.78, 5) is 8.38. The van der Waals surface area contributed by atoms with Crippen molar-refractivity contribution < 1.29 is 0 Å². The molecule has 1 atom stereocenters. The molecular formula is C12H21N3S. The van der Waals surface area contributed by atoms with E-state index in [2.05, 4.69) is 36.0 Å². The molecule has 0 aliphatic carbocycles. The van der Waals surface area contributed by atoms with Gasteiger partial charge in [0.15, 0.2) is 5.13 Å². The molecule has 1 N–H and O–H groups in total. The van der Waals surface area contributed by atoms with Crippen LogP contribution in [0, 0.1) is 13.8 Å². The molecule has 4 heteroatoms. The molecule has 1 unspecified atom stereocenters. The molecule has 0 aromatic carbocycles. The van der Waals surface area contributed by atoms with Crippen molar-refractivity contribution in [2.45, 2.75) is 39.7 Å². The first-order chi connectivity index (χ1) is 7.70. The van der Waals surface area contributed by atoms with Crippen LogP contribution in [-0.4, -0.2) is 30.7 Å². The molecule has 0 spiro atoms. The van der Waals surface area contributed by atoms with Gasteiger partial charge in [-0.2, -0.15) is 0 Å². The van der Waals surface area contributed by atoms with E-state index in [0.717, 1.165) is 13.1 Å². The molecule has 0 amide bonds. The van der Waals surface area contributed by atoms with Gasteiger partial charge in [-0.15, -0.1) is 11.3 Å². The van der Waals surface area contributed by atoms with E-state index in [1.807, 2.05) is 11.3 Å². The van der Waals surface area contributed by atoms with Gasteiger partial charge >= 0.3 is 0 Å². The van der Waals surface area contributed by atoms with Gasteiger partial charge < -0.3 is 10.2 Å². The molecule has 2 heterocycles. The minimum Gasteiger partial charge on any atom is -0.347 e. The molecule has 1 aromatic heterocycles.